The molecule has 0 N–H and O–H groups in total. The fourth-order valence-corrected chi connectivity index (χ4v) is 6.03. The SMILES string of the molecule is CC(=O)OC[C@H]1O[C@@H](SC[C@H]2O[C@@H](OC(C)=O)[C@H](OC(C)=O)[C@@H](OC(C)=O)[C@@H]2OC(C)=O)[C@H](OC(C)=O)[C@@H](OC(C)=O)[C@H]1OC(C)=O. The fraction of sp³-hybridized carbons (Fsp3) is 0.714. The number of carbonyl (C=O) groups is 8. The van der Waals surface area contributed by atoms with Gasteiger partial charge in [-0.2, -0.15) is 0 Å². The summed E-state index contributed by atoms with van der Waals surface area (Å²) < 4.78 is 54.6. The normalized spacial score (nSPS) is 30.0. The second-order valence-corrected chi connectivity index (χ2v) is 11.4. The second-order valence-electron chi connectivity index (χ2n) is 10.3. The summed E-state index contributed by atoms with van der Waals surface area (Å²) in [7, 11) is 0. The second kappa shape index (κ2) is 17.8. The number of carbonyl (C=O) groups excluding carboxylic acids is 8. The number of rotatable bonds is 12. The Morgan fingerprint density at radius 3 is 1.28 bits per heavy atom. The molecule has 2 saturated heterocycles. The van der Waals surface area contributed by atoms with Gasteiger partial charge in [0.2, 0.25) is 12.4 Å². The van der Waals surface area contributed by atoms with Crippen LogP contribution in [0.4, 0.5) is 0 Å². The summed E-state index contributed by atoms with van der Waals surface area (Å²) >= 11 is 0.855. The van der Waals surface area contributed by atoms with Crippen LogP contribution >= 0.6 is 11.8 Å². The van der Waals surface area contributed by atoms with E-state index >= 15 is 0 Å². The number of ether oxygens (including phenoxy) is 10. The van der Waals surface area contributed by atoms with Crippen molar-refractivity contribution in [3.63, 3.8) is 0 Å². The van der Waals surface area contributed by atoms with Crippen molar-refractivity contribution in [3.05, 3.63) is 0 Å². The zero-order chi connectivity index (χ0) is 35.6. The summed E-state index contributed by atoms with van der Waals surface area (Å²) in [6.45, 7) is 8.07. The molecule has 0 saturated carbocycles. The van der Waals surface area contributed by atoms with Crippen molar-refractivity contribution >= 4 is 59.5 Å². The van der Waals surface area contributed by atoms with E-state index in [1.807, 2.05) is 0 Å². The smallest absolute Gasteiger partial charge is 0.305 e. The maximum Gasteiger partial charge on any atom is 0.305 e. The van der Waals surface area contributed by atoms with Crippen LogP contribution in [0.1, 0.15) is 55.4 Å². The molecule has 0 spiro atoms. The minimum Gasteiger partial charge on any atom is -0.463 e. The van der Waals surface area contributed by atoms with E-state index in [0.717, 1.165) is 67.2 Å². The van der Waals surface area contributed by atoms with E-state index in [1.165, 1.54) is 0 Å². The maximum absolute atomic E-state index is 12.2. The monoisotopic (exact) mass is 694 g/mol. The minimum atomic E-state index is -1.64. The van der Waals surface area contributed by atoms with Crippen LogP contribution in [-0.4, -0.2) is 121 Å². The summed E-state index contributed by atoms with van der Waals surface area (Å²) in [6.07, 6.45) is -13.0. The minimum absolute atomic E-state index is 0.256. The van der Waals surface area contributed by atoms with Gasteiger partial charge < -0.3 is 47.4 Å². The Hall–Kier alpha value is -3.97. The largest absolute Gasteiger partial charge is 0.463 e. The Labute approximate surface area is 273 Å². The molecular weight excluding hydrogens is 656 g/mol. The number of esters is 8. The van der Waals surface area contributed by atoms with Crippen LogP contribution in [0.5, 0.6) is 0 Å². The van der Waals surface area contributed by atoms with Crippen LogP contribution in [-0.2, 0) is 85.7 Å². The molecular formula is C28H38O18S. The predicted octanol–water partition coefficient (Wildman–Crippen LogP) is -0.114. The molecule has 0 unspecified atom stereocenters. The topological polar surface area (TPSA) is 229 Å². The quantitative estimate of drug-likeness (QED) is 0.192. The lowest BCUT2D eigenvalue weighted by atomic mass is 9.98. The van der Waals surface area contributed by atoms with Gasteiger partial charge in [-0.25, -0.2) is 0 Å². The van der Waals surface area contributed by atoms with E-state index in [4.69, 9.17) is 47.4 Å². The van der Waals surface area contributed by atoms with Crippen molar-refractivity contribution in [2.75, 3.05) is 12.4 Å². The van der Waals surface area contributed by atoms with Gasteiger partial charge in [0.25, 0.3) is 0 Å². The molecule has 0 aromatic heterocycles. The lowest BCUT2D eigenvalue weighted by Gasteiger charge is -2.46. The zero-order valence-electron chi connectivity index (χ0n) is 26.9. The summed E-state index contributed by atoms with van der Waals surface area (Å²) in [5.41, 5.74) is -1.26. The van der Waals surface area contributed by atoms with Crippen LogP contribution in [0.3, 0.4) is 0 Å². The van der Waals surface area contributed by atoms with Crippen LogP contribution in [0.15, 0.2) is 0 Å². The standard InChI is InChI=1S/C28H38O18S/c1-11(29)37-9-19-21(38-12(2)30)24(41-15(5)33)26(43-17(7)35)28(46-19)47-10-20-22(39-13(3)31)23(40-14(4)32)25(42-16(6)34)27(45-20)44-18(8)36/h19-28H,9-10H2,1-8H3/t19-,20-,21+,22-,23+,24+,25-,26-,27-,28+/m1/s1. The first-order chi connectivity index (χ1) is 21.9. The van der Waals surface area contributed by atoms with Crippen molar-refractivity contribution in [1.29, 1.82) is 0 Å². The van der Waals surface area contributed by atoms with Gasteiger partial charge >= 0.3 is 47.8 Å². The number of thioether (sulfide) groups is 1. The maximum atomic E-state index is 12.2. The van der Waals surface area contributed by atoms with Gasteiger partial charge in [-0.1, -0.05) is 0 Å². The van der Waals surface area contributed by atoms with E-state index in [9.17, 15) is 38.4 Å². The van der Waals surface area contributed by atoms with Gasteiger partial charge in [0.1, 0.15) is 24.3 Å². The molecule has 0 amide bonds. The van der Waals surface area contributed by atoms with Gasteiger partial charge in [-0.15, -0.1) is 11.8 Å². The van der Waals surface area contributed by atoms with E-state index in [-0.39, 0.29) is 5.75 Å². The Morgan fingerprint density at radius 2 is 0.830 bits per heavy atom. The summed E-state index contributed by atoms with van der Waals surface area (Å²) in [4.78, 5) is 96.1. The van der Waals surface area contributed by atoms with Crippen molar-refractivity contribution in [2.45, 2.75) is 116 Å². The van der Waals surface area contributed by atoms with Gasteiger partial charge in [-0.3, -0.25) is 38.4 Å². The lowest BCUT2D eigenvalue weighted by Crippen LogP contribution is -2.63. The molecule has 0 aromatic rings. The molecule has 0 bridgehead atoms. The van der Waals surface area contributed by atoms with E-state index < -0.39 is 115 Å². The van der Waals surface area contributed by atoms with Gasteiger partial charge in [0.05, 0.1) is 0 Å². The number of hydrogen-bond donors (Lipinski definition) is 0. The van der Waals surface area contributed by atoms with Crippen molar-refractivity contribution < 1.29 is 85.7 Å². The molecule has 19 heteroatoms. The van der Waals surface area contributed by atoms with Crippen molar-refractivity contribution in [2.24, 2.45) is 0 Å². The third kappa shape index (κ3) is 12.3. The van der Waals surface area contributed by atoms with E-state index in [2.05, 4.69) is 0 Å². The average Bonchev–Trinajstić information content (AvgIpc) is 2.91. The van der Waals surface area contributed by atoms with Crippen LogP contribution in [0.2, 0.25) is 0 Å². The van der Waals surface area contributed by atoms with Gasteiger partial charge in [-0.05, 0) is 0 Å². The zero-order valence-corrected chi connectivity index (χ0v) is 27.8. The summed E-state index contributed by atoms with van der Waals surface area (Å²) in [5, 5.41) is 0. The molecule has 0 aliphatic carbocycles. The molecule has 2 rings (SSSR count). The highest BCUT2D eigenvalue weighted by Crippen LogP contribution is 2.37. The summed E-state index contributed by atoms with van der Waals surface area (Å²) in [5.74, 6) is -6.87. The molecule has 264 valence electrons. The Morgan fingerprint density at radius 1 is 0.447 bits per heavy atom. The molecule has 2 heterocycles. The fourth-order valence-electron chi connectivity index (χ4n) is 4.76. The van der Waals surface area contributed by atoms with E-state index in [0.29, 0.717) is 0 Å². The van der Waals surface area contributed by atoms with Crippen LogP contribution in [0.25, 0.3) is 0 Å². The van der Waals surface area contributed by atoms with E-state index in [1.54, 1.807) is 0 Å². The van der Waals surface area contributed by atoms with Crippen molar-refractivity contribution in [1.82, 2.24) is 0 Å². The average molecular weight is 695 g/mol. The first-order valence-corrected chi connectivity index (χ1v) is 15.2. The third-order valence-electron chi connectivity index (χ3n) is 6.15. The molecule has 2 aliphatic rings. The van der Waals surface area contributed by atoms with Crippen LogP contribution in [0, 0.1) is 0 Å². The molecule has 0 radical (unpaired) electrons. The first kappa shape index (κ1) is 39.2. The highest BCUT2D eigenvalue weighted by Gasteiger charge is 2.55. The van der Waals surface area contributed by atoms with Gasteiger partial charge in [0, 0.05) is 61.1 Å². The molecule has 2 aliphatic heterocycles. The summed E-state index contributed by atoms with van der Waals surface area (Å²) in [6, 6.07) is 0. The highest BCUT2D eigenvalue weighted by atomic mass is 32.2. The van der Waals surface area contributed by atoms with Crippen LogP contribution < -0.4 is 0 Å². The van der Waals surface area contributed by atoms with Gasteiger partial charge in [0.15, 0.2) is 30.5 Å². The molecule has 10 atom stereocenters. The first-order valence-electron chi connectivity index (χ1n) is 14.2. The molecule has 2 fully saturated rings. The van der Waals surface area contributed by atoms with Crippen molar-refractivity contribution in [3.8, 4) is 0 Å². The number of hydrogen-bond acceptors (Lipinski definition) is 19. The predicted molar refractivity (Wildman–Crippen MR) is 152 cm³/mol. The Kier molecular flexibility index (Phi) is 14.9. The highest BCUT2D eigenvalue weighted by molar-refractivity contribution is 7.99. The Balaban J connectivity index is 2.56. The molecule has 18 nitrogen and oxygen atoms in total. The molecule has 47 heavy (non-hydrogen) atoms. The Bertz CT molecular complexity index is 1200. The molecule has 0 aromatic carbocycles. The lowest BCUT2D eigenvalue weighted by molar-refractivity contribution is -0.292. The third-order valence-corrected chi connectivity index (χ3v) is 7.38.